The largest absolute Gasteiger partial charge is 0.339 e. The molecule has 2 heterocycles. The van der Waals surface area contributed by atoms with E-state index in [1.54, 1.807) is 4.90 Å². The molecule has 0 aliphatic carbocycles. The first-order valence-electron chi connectivity index (χ1n) is 14.5. The average molecular weight is 549 g/mol. The summed E-state index contributed by atoms with van der Waals surface area (Å²) in [7, 11) is 0. The van der Waals surface area contributed by atoms with Gasteiger partial charge in [0.2, 0.25) is 5.91 Å². The molecule has 206 valence electrons. The van der Waals surface area contributed by atoms with Crippen molar-refractivity contribution in [1.29, 1.82) is 0 Å². The van der Waals surface area contributed by atoms with Crippen molar-refractivity contribution in [3.63, 3.8) is 0 Å². The van der Waals surface area contributed by atoms with Gasteiger partial charge < -0.3 is 9.47 Å². The van der Waals surface area contributed by atoms with E-state index in [2.05, 4.69) is 121 Å². The Bertz CT molecular complexity index is 2030. The van der Waals surface area contributed by atoms with Crippen LogP contribution in [-0.4, -0.2) is 34.2 Å². The molecular weight excluding hydrogens is 516 g/mol. The molecule has 1 fully saturated rings. The van der Waals surface area contributed by atoms with Crippen LogP contribution in [0.3, 0.4) is 0 Å². The summed E-state index contributed by atoms with van der Waals surface area (Å²) in [4.78, 5) is 26.9. The van der Waals surface area contributed by atoms with Crippen molar-refractivity contribution in [3.05, 3.63) is 121 Å². The Morgan fingerprint density at radius 3 is 2.07 bits per heavy atom. The van der Waals surface area contributed by atoms with E-state index in [1.807, 2.05) is 0 Å². The third-order valence-electron chi connectivity index (χ3n) is 8.61. The highest BCUT2D eigenvalue weighted by atomic mass is 16.2. The van der Waals surface area contributed by atoms with Gasteiger partial charge >= 0.3 is 0 Å². The monoisotopic (exact) mass is 548 g/mol. The molecule has 0 atom stereocenters. The SMILES string of the molecule is C=CC(=O)N1CC(CC(=O)Cn2cc(-c3ccc4ccccc4c3)c3cc(-c4ccc5ccccc5c4)cc(C)c32)C1. The fourth-order valence-corrected chi connectivity index (χ4v) is 6.49. The fraction of sp³-hybridized carbons (Fsp3) is 0.158. The van der Waals surface area contributed by atoms with E-state index in [9.17, 15) is 9.59 Å². The molecule has 0 N–H and O–H groups in total. The Balaban J connectivity index is 1.29. The standard InChI is InChI=1S/C38H32N2O2/c1-3-37(42)39-21-26(22-39)17-34(41)23-40-24-36(32-15-13-28-9-5-7-11-30(28)19-32)35-20-33(16-25(2)38(35)40)31-14-12-27-8-4-6-10-29(27)18-31/h3-16,18-20,24,26H,1,17,21-23H2,2H3. The van der Waals surface area contributed by atoms with Crippen molar-refractivity contribution in [3.8, 4) is 22.3 Å². The number of rotatable bonds is 7. The summed E-state index contributed by atoms with van der Waals surface area (Å²) in [6.45, 7) is 7.27. The highest BCUT2D eigenvalue weighted by molar-refractivity contribution is 6.03. The van der Waals surface area contributed by atoms with E-state index < -0.39 is 0 Å². The zero-order chi connectivity index (χ0) is 28.8. The Kier molecular flexibility index (Phi) is 6.47. The molecule has 0 bridgehead atoms. The summed E-state index contributed by atoms with van der Waals surface area (Å²) in [5.74, 6) is 0.336. The van der Waals surface area contributed by atoms with Gasteiger partial charge in [0, 0.05) is 42.6 Å². The number of hydrogen-bond donors (Lipinski definition) is 0. The van der Waals surface area contributed by atoms with Crippen molar-refractivity contribution in [1.82, 2.24) is 9.47 Å². The molecule has 42 heavy (non-hydrogen) atoms. The second kappa shape index (κ2) is 10.5. The highest BCUT2D eigenvalue weighted by Crippen LogP contribution is 2.38. The second-order valence-electron chi connectivity index (χ2n) is 11.5. The predicted molar refractivity (Wildman–Crippen MR) is 172 cm³/mol. The number of aryl methyl sites for hydroxylation is 1. The minimum atomic E-state index is -0.0621. The zero-order valence-corrected chi connectivity index (χ0v) is 23.7. The van der Waals surface area contributed by atoms with Gasteiger partial charge in [0.05, 0.1) is 12.1 Å². The van der Waals surface area contributed by atoms with Crippen LogP contribution in [0.1, 0.15) is 12.0 Å². The Hall–Kier alpha value is -4.96. The van der Waals surface area contributed by atoms with E-state index in [0.29, 0.717) is 26.1 Å². The Morgan fingerprint density at radius 2 is 1.40 bits per heavy atom. The average Bonchev–Trinajstić information content (AvgIpc) is 3.36. The van der Waals surface area contributed by atoms with Crippen molar-refractivity contribution in [2.24, 2.45) is 5.92 Å². The van der Waals surface area contributed by atoms with Gasteiger partial charge in [-0.1, -0.05) is 79.4 Å². The molecule has 0 spiro atoms. The van der Waals surface area contributed by atoms with Gasteiger partial charge in [-0.2, -0.15) is 0 Å². The first-order valence-corrected chi connectivity index (χ1v) is 14.5. The summed E-state index contributed by atoms with van der Waals surface area (Å²) in [6.07, 6.45) is 3.96. The van der Waals surface area contributed by atoms with Crippen molar-refractivity contribution >= 4 is 44.1 Å². The van der Waals surface area contributed by atoms with Crippen LogP contribution in [0.25, 0.3) is 54.7 Å². The van der Waals surface area contributed by atoms with Gasteiger partial charge in [0.1, 0.15) is 0 Å². The first-order chi connectivity index (χ1) is 20.5. The lowest BCUT2D eigenvalue weighted by Gasteiger charge is -2.38. The van der Waals surface area contributed by atoms with E-state index in [-0.39, 0.29) is 17.6 Å². The number of likely N-dealkylation sites (tertiary alicyclic amines) is 1. The summed E-state index contributed by atoms with van der Waals surface area (Å²) >= 11 is 0. The zero-order valence-electron chi connectivity index (χ0n) is 23.7. The van der Waals surface area contributed by atoms with Gasteiger partial charge in [0.15, 0.2) is 5.78 Å². The molecule has 1 aliphatic heterocycles. The van der Waals surface area contributed by atoms with Gasteiger partial charge in [-0.25, -0.2) is 0 Å². The lowest BCUT2D eigenvalue weighted by atomic mass is 9.94. The van der Waals surface area contributed by atoms with E-state index in [0.717, 1.165) is 27.6 Å². The number of carbonyl (C=O) groups excluding carboxylic acids is 2. The topological polar surface area (TPSA) is 42.3 Å². The lowest BCUT2D eigenvalue weighted by molar-refractivity contribution is -0.134. The molecular formula is C38H32N2O2. The summed E-state index contributed by atoms with van der Waals surface area (Å²) in [5, 5.41) is 5.99. The minimum Gasteiger partial charge on any atom is -0.339 e. The van der Waals surface area contributed by atoms with E-state index in [1.165, 1.54) is 38.7 Å². The van der Waals surface area contributed by atoms with Gasteiger partial charge in [-0.05, 0) is 81.1 Å². The van der Waals surface area contributed by atoms with Crippen LogP contribution in [0.2, 0.25) is 0 Å². The van der Waals surface area contributed by atoms with Crippen LogP contribution in [0.5, 0.6) is 0 Å². The maximum Gasteiger partial charge on any atom is 0.245 e. The number of benzene rings is 5. The Morgan fingerprint density at radius 1 is 0.786 bits per heavy atom. The van der Waals surface area contributed by atoms with E-state index >= 15 is 0 Å². The number of ketones is 1. The summed E-state index contributed by atoms with van der Waals surface area (Å²) < 4.78 is 2.13. The van der Waals surface area contributed by atoms with E-state index in [4.69, 9.17) is 0 Å². The molecule has 6 aromatic rings. The van der Waals surface area contributed by atoms with Crippen LogP contribution in [-0.2, 0) is 16.1 Å². The molecule has 0 unspecified atom stereocenters. The van der Waals surface area contributed by atoms with Crippen LogP contribution in [0.4, 0.5) is 0 Å². The number of nitrogens with zero attached hydrogens (tertiary/aromatic N) is 2. The fourth-order valence-electron chi connectivity index (χ4n) is 6.49. The highest BCUT2D eigenvalue weighted by Gasteiger charge is 2.31. The minimum absolute atomic E-state index is 0.0621. The number of Topliss-reactive ketones (excluding diaryl/α,β-unsaturated/α-hetero) is 1. The molecule has 4 nitrogen and oxygen atoms in total. The van der Waals surface area contributed by atoms with Crippen LogP contribution >= 0.6 is 0 Å². The molecule has 1 aromatic heterocycles. The van der Waals surface area contributed by atoms with Gasteiger partial charge in [-0.15, -0.1) is 0 Å². The molecule has 4 heteroatoms. The molecule has 7 rings (SSSR count). The molecule has 0 radical (unpaired) electrons. The summed E-state index contributed by atoms with van der Waals surface area (Å²) in [5.41, 5.74) is 6.84. The number of amides is 1. The van der Waals surface area contributed by atoms with Crippen LogP contribution in [0.15, 0.2) is 116 Å². The third-order valence-corrected chi connectivity index (χ3v) is 8.61. The Labute approximate surface area is 245 Å². The van der Waals surface area contributed by atoms with Crippen molar-refractivity contribution in [2.45, 2.75) is 19.9 Å². The quantitative estimate of drug-likeness (QED) is 0.189. The molecule has 0 saturated carbocycles. The first kappa shape index (κ1) is 26.0. The maximum atomic E-state index is 13.3. The smallest absolute Gasteiger partial charge is 0.245 e. The van der Waals surface area contributed by atoms with Crippen LogP contribution in [0, 0.1) is 12.8 Å². The third kappa shape index (κ3) is 4.69. The molecule has 1 saturated heterocycles. The number of hydrogen-bond acceptors (Lipinski definition) is 2. The van der Waals surface area contributed by atoms with Crippen LogP contribution < -0.4 is 0 Å². The number of fused-ring (bicyclic) bond motifs is 3. The maximum absolute atomic E-state index is 13.3. The van der Waals surface area contributed by atoms with Crippen molar-refractivity contribution < 1.29 is 9.59 Å². The molecule has 5 aromatic carbocycles. The predicted octanol–water partition coefficient (Wildman–Crippen LogP) is 8.19. The van der Waals surface area contributed by atoms with Gasteiger partial charge in [-0.3, -0.25) is 9.59 Å². The van der Waals surface area contributed by atoms with Gasteiger partial charge in [0.25, 0.3) is 0 Å². The number of aromatic nitrogens is 1. The molecule has 1 aliphatic rings. The second-order valence-corrected chi connectivity index (χ2v) is 11.5. The lowest BCUT2D eigenvalue weighted by Crippen LogP contribution is -2.50. The molecule has 1 amide bonds. The number of carbonyl (C=O) groups is 2. The normalized spacial score (nSPS) is 13.5. The summed E-state index contributed by atoms with van der Waals surface area (Å²) in [6, 6.07) is 34.6. The van der Waals surface area contributed by atoms with Crippen molar-refractivity contribution in [2.75, 3.05) is 13.1 Å².